The van der Waals surface area contributed by atoms with Crippen LogP contribution in [0.3, 0.4) is 0 Å². The Balaban J connectivity index is 0.000000129. The van der Waals surface area contributed by atoms with E-state index >= 15 is 0 Å². The van der Waals surface area contributed by atoms with Crippen molar-refractivity contribution < 1.29 is 18.0 Å². The third-order valence-corrected chi connectivity index (χ3v) is 33.2. The summed E-state index contributed by atoms with van der Waals surface area (Å²) in [6.07, 6.45) is 5.50. The second-order valence-electron chi connectivity index (χ2n) is 56.4. The Labute approximate surface area is 894 Å². The maximum absolute atomic E-state index is 6.37. The van der Waals surface area contributed by atoms with Crippen molar-refractivity contribution in [3.05, 3.63) is 338 Å². The molecule has 1 aliphatic carbocycles. The zero-order valence-corrected chi connectivity index (χ0v) is 99.8. The van der Waals surface area contributed by atoms with Gasteiger partial charge in [0, 0.05) is 121 Å². The summed E-state index contributed by atoms with van der Waals surface area (Å²) in [5.41, 5.74) is 28.9. The number of allylic oxidation sites excluding steroid dienone is 4. The van der Waals surface area contributed by atoms with Crippen LogP contribution in [0.2, 0.25) is 0 Å². The monoisotopic (exact) mass is 2010 g/mol. The van der Waals surface area contributed by atoms with Crippen molar-refractivity contribution in [1.29, 1.82) is 0 Å². The van der Waals surface area contributed by atoms with Crippen molar-refractivity contribution in [2.24, 2.45) is 5.41 Å². The van der Waals surface area contributed by atoms with Gasteiger partial charge in [-0.1, -0.05) is 466 Å². The fraction of sp³-hybridized carbons (Fsp3) is 0.414. The summed E-state index contributed by atoms with van der Waals surface area (Å²) in [6, 6.07) is 87.4. The van der Waals surface area contributed by atoms with Crippen LogP contribution in [-0.4, -0.2) is 0 Å². The molecule has 7 heterocycles. The minimum atomic E-state index is 0.0787. The van der Waals surface area contributed by atoms with E-state index < -0.39 is 0 Å². The molecule has 4 nitrogen and oxygen atoms in total. The quantitative estimate of drug-likeness (QED) is 0.152. The van der Waals surface area contributed by atoms with Crippen LogP contribution in [0, 0.1) is 5.41 Å². The fourth-order valence-electron chi connectivity index (χ4n) is 19.9. The summed E-state index contributed by atoms with van der Waals surface area (Å²) in [4.78, 5) is 0. The van der Waals surface area contributed by atoms with Crippen LogP contribution >= 0.6 is 34.0 Å². The zero-order valence-electron chi connectivity index (χ0n) is 97.3. The molecule has 2 aliphatic rings. The van der Waals surface area contributed by atoms with Crippen LogP contribution in [0.15, 0.2) is 273 Å². The molecule has 7 heteroatoms. The summed E-state index contributed by atoms with van der Waals surface area (Å²) in [7, 11) is 0. The predicted molar refractivity (Wildman–Crippen MR) is 652 cm³/mol. The van der Waals surface area contributed by atoms with Gasteiger partial charge in [0.2, 0.25) is 0 Å². The third-order valence-electron chi connectivity index (χ3n) is 29.7. The van der Waals surface area contributed by atoms with Crippen molar-refractivity contribution in [2.45, 2.75) is 374 Å². The molecule has 13 aromatic carbocycles. The van der Waals surface area contributed by atoms with Crippen molar-refractivity contribution in [3.63, 3.8) is 0 Å². The molecule has 1 unspecified atom stereocenters. The molecule has 1 atom stereocenters. The van der Waals surface area contributed by atoms with Crippen molar-refractivity contribution in [1.82, 2.24) is 0 Å². The largest absolute Gasteiger partial charge is 0.461 e. The molecule has 1 aliphatic heterocycles. The van der Waals surface area contributed by atoms with E-state index in [-0.39, 0.29) is 75.8 Å². The van der Waals surface area contributed by atoms with Gasteiger partial charge in [0.25, 0.3) is 0 Å². The Bertz CT molecular complexity index is 7780. The smallest absolute Gasteiger partial charge is 0.139 e. The van der Waals surface area contributed by atoms with E-state index in [9.17, 15) is 0 Å². The van der Waals surface area contributed by atoms with Crippen LogP contribution in [0.4, 0.5) is 0 Å². The molecule has 6 aromatic heterocycles. The molecule has 147 heavy (non-hydrogen) atoms. The number of furan rings is 3. The van der Waals surface area contributed by atoms with E-state index in [4.69, 9.17) is 18.0 Å². The number of hydrogen-bond acceptors (Lipinski definition) is 7. The Hall–Kier alpha value is -10.8. The Morgan fingerprint density at radius 1 is 0.204 bits per heavy atom. The number of rotatable bonds is 0. The number of hydrogen-bond donors (Lipinski definition) is 0. The highest BCUT2D eigenvalue weighted by Gasteiger charge is 2.37. The summed E-state index contributed by atoms with van der Waals surface area (Å²) in [5, 5.41) is 15.7. The molecule has 772 valence electrons. The number of fused-ring (bicyclic) bond motifs is 21. The van der Waals surface area contributed by atoms with Crippen LogP contribution in [0.1, 0.15) is 381 Å². The van der Waals surface area contributed by atoms with Crippen LogP contribution in [0.5, 0.6) is 5.75 Å². The lowest BCUT2D eigenvalue weighted by molar-refractivity contribution is 0.405. The van der Waals surface area contributed by atoms with Gasteiger partial charge in [-0.05, 0) is 217 Å². The van der Waals surface area contributed by atoms with Gasteiger partial charge >= 0.3 is 0 Å². The van der Waals surface area contributed by atoms with E-state index in [0.29, 0.717) is 5.92 Å². The van der Waals surface area contributed by atoms with Crippen molar-refractivity contribution >= 4 is 160 Å². The first kappa shape index (κ1) is 110. The SMILES string of the molecule is CC(C)(C)C1=CC=C2Oc3ccc(C(C)(C)C)cc3C2C1.CC(C)(C)c1cc(C(C)(C)C)c2sc3ccccc3c2c1.CC(C)(C)c1ccc2c(c1)oc1c(C(C)(C)C)cccc12.CC(C)(C)c1ccc2c(c1)oc1cc(C(C)(C)C)ccc12.CC(C)(C)c1ccc2c(c1)sc1cc(C(C)(C)C)ccc12.CC(C)(C)c1ccc2sc3ccc(C(C)(C)C)cc3c2c1.CC(C)(C)c1cccc2c1oc1c(C(C)(C)C)cccc12. The van der Waals surface area contributed by atoms with E-state index in [2.05, 4.69) is 540 Å². The van der Waals surface area contributed by atoms with Crippen LogP contribution < -0.4 is 4.74 Å². The molecular weight excluding hydrogens is 1840 g/mol. The first-order valence-electron chi connectivity index (χ1n) is 53.7. The highest BCUT2D eigenvalue weighted by Crippen LogP contribution is 2.53. The normalized spacial score (nSPS) is 14.4. The van der Waals surface area contributed by atoms with E-state index in [1.54, 1.807) is 0 Å². The van der Waals surface area contributed by atoms with Gasteiger partial charge in [-0.2, -0.15) is 0 Å². The average Bonchev–Trinajstić information content (AvgIpc) is 1.59. The van der Waals surface area contributed by atoms with Gasteiger partial charge in [0.15, 0.2) is 0 Å². The Morgan fingerprint density at radius 2 is 0.510 bits per heavy atom. The summed E-state index contributed by atoms with van der Waals surface area (Å²) >= 11 is 5.76. The van der Waals surface area contributed by atoms with E-state index in [1.165, 1.54) is 176 Å². The average molecular weight is 2010 g/mol. The maximum Gasteiger partial charge on any atom is 0.139 e. The molecule has 21 rings (SSSR count). The number of para-hydroxylation sites is 3. The Morgan fingerprint density at radius 3 is 0.905 bits per heavy atom. The fourth-order valence-corrected chi connectivity index (χ4v) is 23.6. The number of benzene rings is 13. The van der Waals surface area contributed by atoms with E-state index in [0.717, 1.165) is 51.4 Å². The van der Waals surface area contributed by atoms with Gasteiger partial charge in [0.1, 0.15) is 45.0 Å². The number of thiophene rings is 3. The van der Waals surface area contributed by atoms with Gasteiger partial charge < -0.3 is 18.0 Å². The topological polar surface area (TPSA) is 48.7 Å². The molecule has 0 bridgehead atoms. The molecular formula is C140H170O4S3. The van der Waals surface area contributed by atoms with Gasteiger partial charge in [-0.25, -0.2) is 0 Å². The molecule has 0 amide bonds. The van der Waals surface area contributed by atoms with E-state index in [1.807, 2.05) is 34.0 Å². The molecule has 0 radical (unpaired) electrons. The molecule has 0 saturated carbocycles. The van der Waals surface area contributed by atoms with Crippen molar-refractivity contribution in [3.8, 4) is 5.75 Å². The highest BCUT2D eigenvalue weighted by atomic mass is 32.1. The zero-order chi connectivity index (χ0) is 108. The molecule has 0 saturated heterocycles. The third kappa shape index (κ3) is 24.1. The second kappa shape index (κ2) is 39.5. The lowest BCUT2D eigenvalue weighted by Gasteiger charge is -2.28. The lowest BCUT2D eigenvalue weighted by atomic mass is 9.76. The van der Waals surface area contributed by atoms with Crippen molar-refractivity contribution in [2.75, 3.05) is 0 Å². The minimum absolute atomic E-state index is 0.0787. The summed E-state index contributed by atoms with van der Waals surface area (Å²) in [5.74, 6) is 2.56. The summed E-state index contributed by atoms with van der Waals surface area (Å²) in [6.45, 7) is 95.1. The molecule has 0 N–H and O–H groups in total. The van der Waals surface area contributed by atoms with Crippen LogP contribution in [0.25, 0.3) is 126 Å². The first-order valence-corrected chi connectivity index (χ1v) is 56.2. The van der Waals surface area contributed by atoms with Gasteiger partial charge in [-0.3, -0.25) is 0 Å². The Kier molecular flexibility index (Phi) is 29.7. The van der Waals surface area contributed by atoms with Gasteiger partial charge in [-0.15, -0.1) is 34.0 Å². The van der Waals surface area contributed by atoms with Crippen LogP contribution in [-0.2, 0) is 70.4 Å². The lowest BCUT2D eigenvalue weighted by Crippen LogP contribution is -2.16. The first-order chi connectivity index (χ1) is 67.7. The van der Waals surface area contributed by atoms with Gasteiger partial charge in [0.05, 0.1) is 0 Å². The predicted octanol–water partition coefficient (Wildman–Crippen LogP) is 44.2. The maximum atomic E-state index is 6.37. The summed E-state index contributed by atoms with van der Waals surface area (Å²) < 4.78 is 33.2. The second-order valence-corrected chi connectivity index (χ2v) is 59.6. The number of ether oxygens (including phenoxy) is 1. The molecule has 0 fully saturated rings. The molecule has 19 aromatic rings. The highest BCUT2D eigenvalue weighted by molar-refractivity contribution is 7.26. The molecule has 0 spiro atoms. The standard InChI is InChI=1S/C20H26O.3C20H24O.3C20H24S/c1-19(2,3)13-7-9-17-15(11-13)16-12-14(20(4,5)6)8-10-18(16)21-17;1-19(2,3)13-7-9-15-16-10-8-14(20(4,5)6)12-18(16)21-17(15)11-13;1-19(2,3)15-11-7-9-13-14-10-8-12-16(20(4,5)6)18(14)21-17(13)15;1-19(2,3)13-10-11-14-15-8-7-9-16(20(4,5)6)18(15)21-17(14)12-13;1-19(2,3)13-7-9-17-15(11-13)16-12-14(20(4,5)6)8-10-18(16)21-17;1-19(2,3)13-7-9-15-16-10-8-14(20(4,5)6)12-18(16)21-17(15)11-13;1-19(2,3)13-11-15-14-9-7-8-10-17(14)21-18(15)16(12-13)20(4,5)6/h7-11,16H,12H2,1-6H3;6*7-12H,1-6H3. The minimum Gasteiger partial charge on any atom is -0.461 e.